The number of halogens is 1. The molecule has 4 rings (SSSR count). The maximum Gasteiger partial charge on any atom is 0.325 e. The van der Waals surface area contributed by atoms with E-state index in [1.54, 1.807) is 19.1 Å². The van der Waals surface area contributed by atoms with Gasteiger partial charge < -0.3 is 10.0 Å². The number of rotatable bonds is 6. The number of carbonyl (C=O) groups is 1. The number of hydrogen-bond acceptors (Lipinski definition) is 4. The third kappa shape index (κ3) is 4.05. The lowest BCUT2D eigenvalue weighted by Gasteiger charge is -2.25. The zero-order valence-corrected chi connectivity index (χ0v) is 18.1. The van der Waals surface area contributed by atoms with Crippen LogP contribution < -0.4 is 9.62 Å². The van der Waals surface area contributed by atoms with Crippen LogP contribution in [0.3, 0.4) is 0 Å². The summed E-state index contributed by atoms with van der Waals surface area (Å²) in [4.78, 5) is 14.2. The molecule has 2 aromatic carbocycles. The van der Waals surface area contributed by atoms with Gasteiger partial charge in [-0.15, -0.1) is 0 Å². The predicted octanol–water partition coefficient (Wildman–Crippen LogP) is 2.43. The first kappa shape index (κ1) is 21.7. The monoisotopic (exact) mass is 447 g/mol. The lowest BCUT2D eigenvalue weighted by Crippen LogP contribution is -2.52. The van der Waals surface area contributed by atoms with E-state index in [1.807, 2.05) is 35.2 Å². The van der Waals surface area contributed by atoms with Crippen molar-refractivity contribution in [2.45, 2.75) is 24.8 Å². The van der Waals surface area contributed by atoms with E-state index in [0.717, 1.165) is 11.3 Å². The molecule has 2 fully saturated rings. The molecule has 0 radical (unpaired) electrons. The number of hydrogen-bond donors (Lipinski definition) is 2. The van der Waals surface area contributed by atoms with E-state index >= 15 is 0 Å². The maximum atomic E-state index is 13.2. The molecule has 1 aliphatic carbocycles. The van der Waals surface area contributed by atoms with Gasteiger partial charge in [0, 0.05) is 37.8 Å². The number of aliphatic carboxylic acids is 1. The Labute approximate surface area is 181 Å². The summed E-state index contributed by atoms with van der Waals surface area (Å²) in [6.07, 6.45) is 0.579. The summed E-state index contributed by atoms with van der Waals surface area (Å²) in [6, 6.07) is 15.2. The SMILES string of the molecule is CC1[C@@H](c2ccccc2)[C@]1(NS(=O)(=O)N1CCCN(c2ccc(F)cc2)CC1)C(=O)O. The Morgan fingerprint density at radius 2 is 1.74 bits per heavy atom. The van der Waals surface area contributed by atoms with Gasteiger partial charge in [0.25, 0.3) is 10.2 Å². The van der Waals surface area contributed by atoms with E-state index in [1.165, 1.54) is 16.4 Å². The fourth-order valence-electron chi connectivity index (χ4n) is 4.62. The highest BCUT2D eigenvalue weighted by Gasteiger charge is 2.70. The van der Waals surface area contributed by atoms with Crippen LogP contribution >= 0.6 is 0 Å². The normalized spacial score (nSPS) is 27.0. The second-order valence-corrected chi connectivity index (χ2v) is 9.85. The minimum absolute atomic E-state index is 0.215. The van der Waals surface area contributed by atoms with Crippen molar-refractivity contribution in [3.05, 3.63) is 66.0 Å². The third-order valence-electron chi connectivity index (χ3n) is 6.40. The molecule has 0 amide bonds. The highest BCUT2D eigenvalue weighted by atomic mass is 32.2. The number of carboxylic acids is 1. The number of benzene rings is 2. The Morgan fingerprint density at radius 1 is 1.06 bits per heavy atom. The summed E-state index contributed by atoms with van der Waals surface area (Å²) in [5, 5.41) is 9.95. The lowest BCUT2D eigenvalue weighted by molar-refractivity contribution is -0.140. The fourth-order valence-corrected chi connectivity index (χ4v) is 6.27. The van der Waals surface area contributed by atoms with E-state index in [2.05, 4.69) is 4.72 Å². The number of nitrogens with zero attached hydrogens (tertiary/aromatic N) is 2. The molecule has 1 heterocycles. The molecule has 0 aromatic heterocycles. The Morgan fingerprint density at radius 3 is 2.39 bits per heavy atom. The van der Waals surface area contributed by atoms with Crippen LogP contribution in [0, 0.1) is 11.7 Å². The summed E-state index contributed by atoms with van der Waals surface area (Å²) in [6.45, 7) is 3.32. The highest BCUT2D eigenvalue weighted by molar-refractivity contribution is 7.87. The first-order chi connectivity index (χ1) is 14.8. The molecule has 31 heavy (non-hydrogen) atoms. The molecule has 0 spiro atoms. The molecule has 1 saturated heterocycles. The van der Waals surface area contributed by atoms with Gasteiger partial charge in [-0.3, -0.25) is 4.79 Å². The van der Waals surface area contributed by atoms with Crippen molar-refractivity contribution < 1.29 is 22.7 Å². The Hall–Kier alpha value is -2.49. The Bertz CT molecular complexity index is 1050. The Kier molecular flexibility index (Phi) is 5.76. The fraction of sp³-hybridized carbons (Fsp3) is 0.409. The standard InChI is InChI=1S/C22H26FN3O4S/c1-16-20(17-6-3-2-4-7-17)22(16,21(27)28)24-31(29,30)26-13-5-12-25(14-15-26)19-10-8-18(23)9-11-19/h2-4,6-11,16,20,24H,5,12-15H2,1H3,(H,27,28)/t16?,20-,22-/m0/s1. The van der Waals surface area contributed by atoms with Gasteiger partial charge in [-0.1, -0.05) is 37.3 Å². The summed E-state index contributed by atoms with van der Waals surface area (Å²) < 4.78 is 43.4. The van der Waals surface area contributed by atoms with E-state index in [4.69, 9.17) is 0 Å². The van der Waals surface area contributed by atoms with Crippen molar-refractivity contribution in [3.63, 3.8) is 0 Å². The summed E-state index contributed by atoms with van der Waals surface area (Å²) in [5.41, 5.74) is 0.0809. The van der Waals surface area contributed by atoms with Gasteiger partial charge in [-0.25, -0.2) is 4.39 Å². The number of nitrogens with one attached hydrogen (secondary N) is 1. The zero-order valence-electron chi connectivity index (χ0n) is 17.2. The van der Waals surface area contributed by atoms with Crippen LogP contribution in [0.15, 0.2) is 54.6 Å². The Balaban J connectivity index is 1.50. The molecule has 2 N–H and O–H groups in total. The van der Waals surface area contributed by atoms with Crippen molar-refractivity contribution in [1.82, 2.24) is 9.03 Å². The van der Waals surface area contributed by atoms with Crippen LogP contribution in [0.5, 0.6) is 0 Å². The highest BCUT2D eigenvalue weighted by Crippen LogP contribution is 2.57. The number of anilines is 1. The number of carboxylic acid groups (broad SMARTS) is 1. The topological polar surface area (TPSA) is 90.0 Å². The first-order valence-electron chi connectivity index (χ1n) is 10.3. The molecule has 1 saturated carbocycles. The molecule has 3 atom stereocenters. The van der Waals surface area contributed by atoms with Gasteiger partial charge in [0.05, 0.1) is 0 Å². The van der Waals surface area contributed by atoms with E-state index in [0.29, 0.717) is 19.5 Å². The van der Waals surface area contributed by atoms with E-state index < -0.39 is 27.6 Å². The third-order valence-corrected chi connectivity index (χ3v) is 8.04. The minimum Gasteiger partial charge on any atom is -0.480 e. The largest absolute Gasteiger partial charge is 0.480 e. The molecule has 9 heteroatoms. The van der Waals surface area contributed by atoms with Crippen LogP contribution in [0.1, 0.15) is 24.8 Å². The van der Waals surface area contributed by atoms with E-state index in [9.17, 15) is 22.7 Å². The van der Waals surface area contributed by atoms with Crippen LogP contribution in [0.2, 0.25) is 0 Å². The van der Waals surface area contributed by atoms with E-state index in [-0.39, 0.29) is 24.8 Å². The second kappa shape index (κ2) is 8.22. The van der Waals surface area contributed by atoms with Gasteiger partial charge in [0.15, 0.2) is 0 Å². The van der Waals surface area contributed by atoms with Gasteiger partial charge >= 0.3 is 5.97 Å². The van der Waals surface area contributed by atoms with Gasteiger partial charge in [-0.05, 0) is 42.2 Å². The summed E-state index contributed by atoms with van der Waals surface area (Å²) in [5.74, 6) is -2.29. The van der Waals surface area contributed by atoms with Gasteiger partial charge in [-0.2, -0.15) is 17.4 Å². The molecule has 2 aliphatic rings. The van der Waals surface area contributed by atoms with Crippen molar-refractivity contribution in [2.24, 2.45) is 5.92 Å². The minimum atomic E-state index is -4.02. The molecule has 2 aromatic rings. The molecular weight excluding hydrogens is 421 g/mol. The first-order valence-corrected chi connectivity index (χ1v) is 11.8. The van der Waals surface area contributed by atoms with Gasteiger partial charge in [0.2, 0.25) is 0 Å². The quantitative estimate of drug-likeness (QED) is 0.710. The second-order valence-electron chi connectivity index (χ2n) is 8.17. The zero-order chi connectivity index (χ0) is 22.2. The average Bonchev–Trinajstić information content (AvgIpc) is 3.41. The van der Waals surface area contributed by atoms with Crippen LogP contribution in [0.4, 0.5) is 10.1 Å². The van der Waals surface area contributed by atoms with Crippen molar-refractivity contribution in [2.75, 3.05) is 31.1 Å². The lowest BCUT2D eigenvalue weighted by atomic mass is 10.1. The smallest absolute Gasteiger partial charge is 0.325 e. The summed E-state index contributed by atoms with van der Waals surface area (Å²) >= 11 is 0. The average molecular weight is 448 g/mol. The molecule has 1 aliphatic heterocycles. The summed E-state index contributed by atoms with van der Waals surface area (Å²) in [7, 11) is -4.02. The molecule has 7 nitrogen and oxygen atoms in total. The molecular formula is C22H26FN3O4S. The van der Waals surface area contributed by atoms with Crippen molar-refractivity contribution in [3.8, 4) is 0 Å². The molecule has 0 bridgehead atoms. The van der Waals surface area contributed by atoms with Crippen LogP contribution in [-0.4, -0.2) is 55.5 Å². The predicted molar refractivity (Wildman–Crippen MR) is 116 cm³/mol. The van der Waals surface area contributed by atoms with Crippen molar-refractivity contribution >= 4 is 21.9 Å². The van der Waals surface area contributed by atoms with Crippen LogP contribution in [0.25, 0.3) is 0 Å². The molecule has 166 valence electrons. The maximum absolute atomic E-state index is 13.2. The van der Waals surface area contributed by atoms with Crippen molar-refractivity contribution in [1.29, 1.82) is 0 Å². The van der Waals surface area contributed by atoms with Gasteiger partial charge in [0.1, 0.15) is 11.4 Å². The molecule has 1 unspecified atom stereocenters. The van der Waals surface area contributed by atoms with Crippen LogP contribution in [-0.2, 0) is 15.0 Å².